The molecular weight excluding hydrogens is 1220 g/mol. The van der Waals surface area contributed by atoms with Crippen LogP contribution in [0.4, 0.5) is 0 Å². The number of nitrogens with zero attached hydrogens (tertiary/aromatic N) is 1. The Bertz CT molecular complexity index is 1960. The highest BCUT2D eigenvalue weighted by atomic mass is 16.7. The van der Waals surface area contributed by atoms with Crippen LogP contribution in [0.15, 0.2) is 97.2 Å². The van der Waals surface area contributed by atoms with E-state index in [0.29, 0.717) is 23.9 Å². The van der Waals surface area contributed by atoms with Gasteiger partial charge in [0.25, 0.3) is 0 Å². The molecule has 0 aromatic carbocycles. The minimum absolute atomic E-state index is 0.149. The predicted molar refractivity (Wildman–Crippen MR) is 426 cm³/mol. The Hall–Kier alpha value is -3.79. The van der Waals surface area contributed by atoms with Crippen LogP contribution < -0.4 is 5.11 Å². The number of esters is 2. The van der Waals surface area contributed by atoms with Crippen molar-refractivity contribution >= 4 is 17.9 Å². The lowest BCUT2D eigenvalue weighted by Gasteiger charge is -2.26. The summed E-state index contributed by atoms with van der Waals surface area (Å²) in [5.41, 5.74) is 0. The SMILES string of the molecule is CC/C=C\C/C=C\C/C=C\C/C=C\C/C=C\C/C=C\CCCCCCCCCCCCCCCCCCCCCCCCC(=O)OC(COC(=O)CCCCCCCCCCCCCCCCCCCCCCC/C=C\C/C=C\CCCCCCC)COC(OCC[N+](C)(C)C)C(=O)[O-]. The van der Waals surface area contributed by atoms with Gasteiger partial charge in [-0.1, -0.05) is 387 Å². The molecule has 574 valence electrons. The van der Waals surface area contributed by atoms with E-state index in [0.717, 1.165) is 77.0 Å². The van der Waals surface area contributed by atoms with Gasteiger partial charge in [0.05, 0.1) is 40.3 Å². The van der Waals surface area contributed by atoms with Crippen LogP contribution in [0.1, 0.15) is 399 Å². The van der Waals surface area contributed by atoms with Gasteiger partial charge in [0, 0.05) is 12.8 Å². The summed E-state index contributed by atoms with van der Waals surface area (Å²) >= 11 is 0. The number of unbranched alkanes of at least 4 members (excludes halogenated alkanes) is 48. The molecule has 0 aliphatic heterocycles. The van der Waals surface area contributed by atoms with Crippen LogP contribution in [0.2, 0.25) is 0 Å². The third kappa shape index (κ3) is 81.4. The highest BCUT2D eigenvalue weighted by Gasteiger charge is 2.22. The van der Waals surface area contributed by atoms with Crippen LogP contribution in [-0.2, 0) is 33.3 Å². The first-order valence-electron chi connectivity index (χ1n) is 42.4. The third-order valence-corrected chi connectivity index (χ3v) is 18.8. The Kier molecular flexibility index (Phi) is 76.8. The molecule has 0 saturated carbocycles. The maximum absolute atomic E-state index is 13.0. The third-order valence-electron chi connectivity index (χ3n) is 18.8. The molecule has 2 atom stereocenters. The number of quaternary nitrogens is 1. The van der Waals surface area contributed by atoms with E-state index >= 15 is 0 Å². The predicted octanol–water partition coefficient (Wildman–Crippen LogP) is 26.2. The van der Waals surface area contributed by atoms with Gasteiger partial charge < -0.3 is 33.3 Å². The summed E-state index contributed by atoms with van der Waals surface area (Å²) in [4.78, 5) is 37.7. The molecule has 0 amide bonds. The first kappa shape index (κ1) is 95.2. The van der Waals surface area contributed by atoms with Gasteiger partial charge in [-0.15, -0.1) is 0 Å². The number of carbonyl (C=O) groups is 3. The summed E-state index contributed by atoms with van der Waals surface area (Å²) < 4.78 is 22.9. The standard InChI is InChI=1S/C90H161NO8/c1-6-8-10-12-14-16-18-20-22-24-26-28-30-32-34-36-38-40-41-42-43-44-45-46-47-49-51-53-55-57-59-61-63-65-67-69-71-73-75-77-79-81-88(93)99-86(85-98-90(89(94)95)96-83-82-91(3,4)5)84-97-87(92)80-78-76-74-72-70-68-66-64-62-60-58-56-54-52-50-48-39-37-35-33-31-29-27-25-23-21-19-17-15-13-11-9-7-2/h8,10,14,16,19-22,25-28,32,34,38,40,86,90H,6-7,9,11-13,15,17-18,23-24,29-31,33,35-37,39,41-85H2,1-5H3/b10-8-,16-14-,21-19-,22-20-,27-25-,28-26-,34-32-,40-38-. The number of hydrogen-bond acceptors (Lipinski definition) is 8. The molecule has 2 unspecified atom stereocenters. The average molecular weight is 1390 g/mol. The molecule has 0 saturated heterocycles. The lowest BCUT2D eigenvalue weighted by atomic mass is 10.0. The zero-order valence-corrected chi connectivity index (χ0v) is 65.9. The molecule has 9 nitrogen and oxygen atoms in total. The van der Waals surface area contributed by atoms with Crippen molar-refractivity contribution in [2.24, 2.45) is 0 Å². The van der Waals surface area contributed by atoms with Crippen molar-refractivity contribution < 1.29 is 42.9 Å². The Morgan fingerprint density at radius 1 is 0.313 bits per heavy atom. The Balaban J connectivity index is 3.95. The van der Waals surface area contributed by atoms with E-state index in [2.05, 4.69) is 111 Å². The van der Waals surface area contributed by atoms with Crippen molar-refractivity contribution in [3.05, 3.63) is 97.2 Å². The highest BCUT2D eigenvalue weighted by molar-refractivity contribution is 5.70. The van der Waals surface area contributed by atoms with Gasteiger partial charge in [-0.3, -0.25) is 9.59 Å². The Morgan fingerprint density at radius 3 is 0.859 bits per heavy atom. The van der Waals surface area contributed by atoms with E-state index in [4.69, 9.17) is 18.9 Å². The molecule has 0 radical (unpaired) electrons. The fourth-order valence-corrected chi connectivity index (χ4v) is 12.4. The zero-order chi connectivity index (χ0) is 71.8. The molecule has 0 heterocycles. The molecule has 0 bridgehead atoms. The number of ether oxygens (including phenoxy) is 4. The van der Waals surface area contributed by atoms with Crippen LogP contribution in [0.5, 0.6) is 0 Å². The van der Waals surface area contributed by atoms with Gasteiger partial charge in [0.1, 0.15) is 13.2 Å². The summed E-state index contributed by atoms with van der Waals surface area (Å²) in [5.74, 6) is -2.26. The molecule has 0 rings (SSSR count). The fraction of sp³-hybridized carbons (Fsp3) is 0.789. The quantitative estimate of drug-likeness (QED) is 0.0195. The second-order valence-corrected chi connectivity index (χ2v) is 29.7. The number of hydrogen-bond donors (Lipinski definition) is 0. The van der Waals surface area contributed by atoms with Crippen molar-refractivity contribution in [3.63, 3.8) is 0 Å². The lowest BCUT2D eigenvalue weighted by molar-refractivity contribution is -0.870. The van der Waals surface area contributed by atoms with Crippen molar-refractivity contribution in [2.45, 2.75) is 411 Å². The summed E-state index contributed by atoms with van der Waals surface area (Å²) in [6.45, 7) is 4.68. The van der Waals surface area contributed by atoms with Crippen LogP contribution in [0.25, 0.3) is 0 Å². The number of carboxylic acids is 1. The fourth-order valence-electron chi connectivity index (χ4n) is 12.4. The number of aliphatic carboxylic acids is 1. The first-order chi connectivity index (χ1) is 48.6. The van der Waals surface area contributed by atoms with E-state index < -0.39 is 24.3 Å². The average Bonchev–Trinajstić information content (AvgIpc) is 2.62. The van der Waals surface area contributed by atoms with E-state index in [1.165, 1.54) is 289 Å². The maximum Gasteiger partial charge on any atom is 0.306 e. The molecule has 0 aromatic heterocycles. The van der Waals surface area contributed by atoms with Crippen LogP contribution in [0.3, 0.4) is 0 Å². The molecular formula is C90H161NO8. The van der Waals surface area contributed by atoms with E-state index in [1.54, 1.807) is 0 Å². The van der Waals surface area contributed by atoms with Crippen molar-refractivity contribution in [2.75, 3.05) is 47.5 Å². The molecule has 0 aromatic rings. The number of rotatable bonds is 79. The second kappa shape index (κ2) is 79.9. The maximum atomic E-state index is 13.0. The summed E-state index contributed by atoms with van der Waals surface area (Å²) in [6.07, 6.45) is 108. The minimum atomic E-state index is -1.62. The number of likely N-dealkylation sites (N-methyl/N-ethyl adjacent to an activating group) is 1. The van der Waals surface area contributed by atoms with E-state index in [1.807, 2.05) is 21.1 Å². The summed E-state index contributed by atoms with van der Waals surface area (Å²) in [5, 5.41) is 11.9. The van der Waals surface area contributed by atoms with Crippen LogP contribution in [0, 0.1) is 0 Å². The second-order valence-electron chi connectivity index (χ2n) is 29.7. The van der Waals surface area contributed by atoms with Crippen molar-refractivity contribution in [3.8, 4) is 0 Å². The number of carbonyl (C=O) groups excluding carboxylic acids is 3. The Morgan fingerprint density at radius 2 is 0.576 bits per heavy atom. The normalized spacial score (nSPS) is 13.1. The summed E-state index contributed by atoms with van der Waals surface area (Å²) in [7, 11) is 5.95. The van der Waals surface area contributed by atoms with Crippen LogP contribution in [-0.4, -0.2) is 82.3 Å². The first-order valence-corrected chi connectivity index (χ1v) is 42.4. The monoisotopic (exact) mass is 1380 g/mol. The molecule has 0 spiro atoms. The van der Waals surface area contributed by atoms with Gasteiger partial charge in [-0.2, -0.15) is 0 Å². The number of carboxylic acid groups (broad SMARTS) is 1. The molecule has 0 fully saturated rings. The topological polar surface area (TPSA) is 111 Å². The summed E-state index contributed by atoms with van der Waals surface area (Å²) in [6, 6.07) is 0. The largest absolute Gasteiger partial charge is 0.545 e. The van der Waals surface area contributed by atoms with Gasteiger partial charge in [-0.25, -0.2) is 0 Å². The highest BCUT2D eigenvalue weighted by Crippen LogP contribution is 2.20. The Labute approximate surface area is 613 Å². The molecule has 0 aliphatic carbocycles. The van der Waals surface area contributed by atoms with Gasteiger partial charge in [0.15, 0.2) is 12.4 Å². The van der Waals surface area contributed by atoms with Gasteiger partial charge in [0.2, 0.25) is 0 Å². The molecule has 0 aliphatic rings. The van der Waals surface area contributed by atoms with Gasteiger partial charge in [-0.05, 0) is 96.3 Å². The zero-order valence-electron chi connectivity index (χ0n) is 65.9. The van der Waals surface area contributed by atoms with Crippen molar-refractivity contribution in [1.29, 1.82) is 0 Å². The minimum Gasteiger partial charge on any atom is -0.545 e. The van der Waals surface area contributed by atoms with E-state index in [9.17, 15) is 19.5 Å². The smallest absolute Gasteiger partial charge is 0.306 e. The molecule has 9 heteroatoms. The lowest BCUT2D eigenvalue weighted by Crippen LogP contribution is -2.44. The number of allylic oxidation sites excluding steroid dienone is 16. The van der Waals surface area contributed by atoms with Crippen molar-refractivity contribution in [1.82, 2.24) is 0 Å². The molecule has 99 heavy (non-hydrogen) atoms. The molecule has 0 N–H and O–H groups in total. The van der Waals surface area contributed by atoms with Crippen LogP contribution >= 0.6 is 0 Å². The van der Waals surface area contributed by atoms with E-state index in [-0.39, 0.29) is 32.2 Å². The van der Waals surface area contributed by atoms with Gasteiger partial charge >= 0.3 is 11.9 Å².